The van der Waals surface area contributed by atoms with Crippen molar-refractivity contribution >= 4 is 0 Å². The van der Waals surface area contributed by atoms with Crippen molar-refractivity contribution < 1.29 is 8.81 Å². The van der Waals surface area contributed by atoms with Crippen LogP contribution in [0, 0.1) is 12.7 Å². The van der Waals surface area contributed by atoms with Crippen LogP contribution < -0.4 is 5.32 Å². The Balaban J connectivity index is 2.28. The van der Waals surface area contributed by atoms with Gasteiger partial charge in [0.25, 0.3) is 0 Å². The quantitative estimate of drug-likeness (QED) is 0.825. The van der Waals surface area contributed by atoms with Crippen LogP contribution >= 0.6 is 0 Å². The monoisotopic (exact) mass is 248 g/mol. The van der Waals surface area contributed by atoms with Crippen LogP contribution in [0.2, 0.25) is 0 Å². The molecule has 1 N–H and O–H groups in total. The van der Waals surface area contributed by atoms with E-state index in [4.69, 9.17) is 4.42 Å². The van der Waals surface area contributed by atoms with E-state index >= 15 is 0 Å². The summed E-state index contributed by atoms with van der Waals surface area (Å²) in [7, 11) is 0. The third kappa shape index (κ3) is 2.59. The van der Waals surface area contributed by atoms with Crippen LogP contribution in [0.5, 0.6) is 0 Å². The molecule has 18 heavy (non-hydrogen) atoms. The zero-order chi connectivity index (χ0) is 13.0. The number of aromatic nitrogens is 1. The minimum Gasteiger partial charge on any atom is -0.443 e. The Morgan fingerprint density at radius 1 is 1.39 bits per heavy atom. The molecular formula is C14H17FN2O. The van der Waals surface area contributed by atoms with Gasteiger partial charge in [0.1, 0.15) is 11.5 Å². The molecule has 4 heteroatoms. The molecule has 1 aromatic heterocycles. The van der Waals surface area contributed by atoms with Crippen molar-refractivity contribution in [3.05, 3.63) is 41.7 Å². The Bertz CT molecular complexity index is 522. The third-order valence-electron chi connectivity index (χ3n) is 2.80. The summed E-state index contributed by atoms with van der Waals surface area (Å²) in [6, 6.07) is 5.27. The molecule has 0 saturated heterocycles. The molecule has 0 spiro atoms. The van der Waals surface area contributed by atoms with E-state index in [1.54, 1.807) is 19.1 Å². The van der Waals surface area contributed by atoms with Gasteiger partial charge in [-0.2, -0.15) is 0 Å². The molecule has 1 aromatic carbocycles. The van der Waals surface area contributed by atoms with Crippen molar-refractivity contribution in [2.75, 3.05) is 6.54 Å². The van der Waals surface area contributed by atoms with Gasteiger partial charge in [-0.15, -0.1) is 0 Å². The lowest BCUT2D eigenvalue weighted by Gasteiger charge is -2.05. The molecule has 0 saturated carbocycles. The fraction of sp³-hybridized carbons (Fsp3) is 0.357. The van der Waals surface area contributed by atoms with Crippen LogP contribution in [0.4, 0.5) is 4.39 Å². The second kappa shape index (κ2) is 5.78. The first kappa shape index (κ1) is 12.8. The zero-order valence-corrected chi connectivity index (χ0v) is 10.7. The second-order valence-corrected chi connectivity index (χ2v) is 4.24. The average Bonchev–Trinajstić information content (AvgIpc) is 2.81. The SMILES string of the molecule is CCCNCc1ncoc1-c1cccc(C)c1F. The molecule has 0 radical (unpaired) electrons. The van der Waals surface area contributed by atoms with Crippen molar-refractivity contribution in [1.29, 1.82) is 0 Å². The van der Waals surface area contributed by atoms with E-state index in [1.165, 1.54) is 6.39 Å². The summed E-state index contributed by atoms with van der Waals surface area (Å²) < 4.78 is 19.4. The Morgan fingerprint density at radius 3 is 3.00 bits per heavy atom. The third-order valence-corrected chi connectivity index (χ3v) is 2.80. The Kier molecular flexibility index (Phi) is 4.10. The molecule has 1 heterocycles. The summed E-state index contributed by atoms with van der Waals surface area (Å²) in [5, 5.41) is 3.24. The summed E-state index contributed by atoms with van der Waals surface area (Å²) in [5.41, 5.74) is 1.82. The van der Waals surface area contributed by atoms with Gasteiger partial charge in [-0.3, -0.25) is 0 Å². The molecule has 0 atom stereocenters. The number of hydrogen-bond acceptors (Lipinski definition) is 3. The minimum atomic E-state index is -0.244. The van der Waals surface area contributed by atoms with Crippen molar-refractivity contribution in [3.8, 4) is 11.3 Å². The molecule has 2 aromatic rings. The lowest BCUT2D eigenvalue weighted by molar-refractivity contribution is 0.557. The van der Waals surface area contributed by atoms with Gasteiger partial charge in [0, 0.05) is 6.54 Å². The maximum atomic E-state index is 14.0. The fourth-order valence-corrected chi connectivity index (χ4v) is 1.82. The second-order valence-electron chi connectivity index (χ2n) is 4.24. The molecular weight excluding hydrogens is 231 g/mol. The van der Waals surface area contributed by atoms with E-state index in [-0.39, 0.29) is 5.82 Å². The van der Waals surface area contributed by atoms with Crippen molar-refractivity contribution in [2.24, 2.45) is 0 Å². The predicted molar refractivity (Wildman–Crippen MR) is 68.6 cm³/mol. The highest BCUT2D eigenvalue weighted by Gasteiger charge is 2.15. The normalized spacial score (nSPS) is 10.8. The largest absolute Gasteiger partial charge is 0.443 e. The van der Waals surface area contributed by atoms with Crippen molar-refractivity contribution in [2.45, 2.75) is 26.8 Å². The highest BCUT2D eigenvalue weighted by atomic mass is 19.1. The zero-order valence-electron chi connectivity index (χ0n) is 10.7. The minimum absolute atomic E-state index is 0.244. The van der Waals surface area contributed by atoms with Crippen LogP contribution in [0.1, 0.15) is 24.6 Å². The Labute approximate surface area is 106 Å². The number of rotatable bonds is 5. The van der Waals surface area contributed by atoms with Gasteiger partial charge in [0.15, 0.2) is 12.2 Å². The van der Waals surface area contributed by atoms with Crippen LogP contribution in [0.25, 0.3) is 11.3 Å². The molecule has 0 bridgehead atoms. The fourth-order valence-electron chi connectivity index (χ4n) is 1.82. The highest BCUT2D eigenvalue weighted by Crippen LogP contribution is 2.27. The molecule has 3 nitrogen and oxygen atoms in total. The van der Waals surface area contributed by atoms with E-state index in [0.717, 1.165) is 18.7 Å². The molecule has 2 rings (SSSR count). The topological polar surface area (TPSA) is 38.1 Å². The summed E-state index contributed by atoms with van der Waals surface area (Å²) in [5.74, 6) is 0.269. The number of hydrogen-bond donors (Lipinski definition) is 1. The summed E-state index contributed by atoms with van der Waals surface area (Å²) in [6.45, 7) is 5.33. The lowest BCUT2D eigenvalue weighted by Crippen LogP contribution is -2.14. The van der Waals surface area contributed by atoms with Gasteiger partial charge in [-0.1, -0.05) is 19.1 Å². The standard InChI is InChI=1S/C14H17FN2O/c1-3-7-16-8-12-14(18-9-17-12)11-6-4-5-10(2)13(11)15/h4-6,9,16H,3,7-8H2,1-2H3. The molecule has 0 aliphatic rings. The Morgan fingerprint density at radius 2 is 2.22 bits per heavy atom. The summed E-state index contributed by atoms with van der Waals surface area (Å²) in [6.07, 6.45) is 2.41. The van der Waals surface area contributed by atoms with Gasteiger partial charge in [-0.25, -0.2) is 9.37 Å². The smallest absolute Gasteiger partial charge is 0.181 e. The van der Waals surface area contributed by atoms with E-state index in [9.17, 15) is 4.39 Å². The van der Waals surface area contributed by atoms with Gasteiger partial charge in [0.05, 0.1) is 5.56 Å². The van der Waals surface area contributed by atoms with Crippen LogP contribution in [-0.2, 0) is 6.54 Å². The predicted octanol–water partition coefficient (Wildman–Crippen LogP) is 3.29. The first-order valence-electron chi connectivity index (χ1n) is 6.12. The maximum Gasteiger partial charge on any atom is 0.181 e. The first-order valence-corrected chi connectivity index (χ1v) is 6.12. The number of benzene rings is 1. The molecule has 0 unspecified atom stereocenters. The van der Waals surface area contributed by atoms with Gasteiger partial charge in [-0.05, 0) is 31.5 Å². The van der Waals surface area contributed by atoms with E-state index in [2.05, 4.69) is 17.2 Å². The van der Waals surface area contributed by atoms with Gasteiger partial charge in [0.2, 0.25) is 0 Å². The Hall–Kier alpha value is -1.68. The summed E-state index contributed by atoms with van der Waals surface area (Å²) >= 11 is 0. The highest BCUT2D eigenvalue weighted by molar-refractivity contribution is 5.61. The number of halogens is 1. The van der Waals surface area contributed by atoms with E-state index < -0.39 is 0 Å². The number of nitrogens with one attached hydrogen (secondary N) is 1. The van der Waals surface area contributed by atoms with Gasteiger partial charge < -0.3 is 9.73 Å². The number of aryl methyl sites for hydroxylation is 1. The number of nitrogens with zero attached hydrogens (tertiary/aromatic N) is 1. The molecule has 96 valence electrons. The molecule has 0 fully saturated rings. The number of oxazole rings is 1. The van der Waals surface area contributed by atoms with Crippen LogP contribution in [-0.4, -0.2) is 11.5 Å². The lowest BCUT2D eigenvalue weighted by atomic mass is 10.1. The van der Waals surface area contributed by atoms with Crippen LogP contribution in [0.15, 0.2) is 29.0 Å². The summed E-state index contributed by atoms with van der Waals surface area (Å²) in [4.78, 5) is 4.14. The molecule has 0 aliphatic heterocycles. The van der Waals surface area contributed by atoms with E-state index in [0.29, 0.717) is 23.4 Å². The molecule has 0 aliphatic carbocycles. The average molecular weight is 248 g/mol. The first-order chi connectivity index (χ1) is 8.74. The maximum absolute atomic E-state index is 14.0. The molecule has 0 amide bonds. The van der Waals surface area contributed by atoms with Crippen molar-refractivity contribution in [1.82, 2.24) is 10.3 Å². The van der Waals surface area contributed by atoms with Crippen LogP contribution in [0.3, 0.4) is 0 Å². The van der Waals surface area contributed by atoms with Gasteiger partial charge >= 0.3 is 0 Å². The van der Waals surface area contributed by atoms with E-state index in [1.807, 2.05) is 6.07 Å². The van der Waals surface area contributed by atoms with Crippen molar-refractivity contribution in [3.63, 3.8) is 0 Å².